The first kappa shape index (κ1) is 16.5. The standard InChI is InChI=1S/C16H26N2O2S/c1-12-3-5-14(6-4-12)11-18-21(19,20)16-9-7-15(8-10-16)13(2)17/h7-10,12-14,18H,3-6,11,17H2,1-2H3. The van der Waals surface area contributed by atoms with E-state index in [4.69, 9.17) is 5.73 Å². The van der Waals surface area contributed by atoms with Gasteiger partial charge in [0.2, 0.25) is 10.0 Å². The monoisotopic (exact) mass is 310 g/mol. The summed E-state index contributed by atoms with van der Waals surface area (Å²) in [5, 5.41) is 0. The number of rotatable bonds is 5. The van der Waals surface area contributed by atoms with E-state index in [2.05, 4.69) is 11.6 Å². The SMILES string of the molecule is CC1CCC(CNS(=O)(=O)c2ccc(C(C)N)cc2)CC1. The van der Waals surface area contributed by atoms with E-state index < -0.39 is 10.0 Å². The molecule has 0 spiro atoms. The van der Waals surface area contributed by atoms with Crippen LogP contribution in [0.5, 0.6) is 0 Å². The zero-order valence-electron chi connectivity index (χ0n) is 12.9. The topological polar surface area (TPSA) is 72.2 Å². The summed E-state index contributed by atoms with van der Waals surface area (Å²) in [5.74, 6) is 1.25. The van der Waals surface area contributed by atoms with Crippen molar-refractivity contribution in [2.75, 3.05) is 6.54 Å². The second-order valence-electron chi connectivity index (χ2n) is 6.34. The Hall–Kier alpha value is -0.910. The summed E-state index contributed by atoms with van der Waals surface area (Å²) < 4.78 is 27.3. The van der Waals surface area contributed by atoms with E-state index in [0.717, 1.165) is 24.3 Å². The van der Waals surface area contributed by atoms with Crippen molar-refractivity contribution >= 4 is 10.0 Å². The molecule has 0 aliphatic heterocycles. The quantitative estimate of drug-likeness (QED) is 0.878. The minimum Gasteiger partial charge on any atom is -0.324 e. The van der Waals surface area contributed by atoms with Crippen molar-refractivity contribution in [2.45, 2.75) is 50.5 Å². The lowest BCUT2D eigenvalue weighted by Gasteiger charge is -2.26. The van der Waals surface area contributed by atoms with Gasteiger partial charge in [0.1, 0.15) is 0 Å². The van der Waals surface area contributed by atoms with Crippen LogP contribution in [0.4, 0.5) is 0 Å². The van der Waals surface area contributed by atoms with Gasteiger partial charge in [-0.05, 0) is 49.3 Å². The van der Waals surface area contributed by atoms with Crippen LogP contribution in [-0.4, -0.2) is 15.0 Å². The van der Waals surface area contributed by atoms with Crippen LogP contribution in [0.1, 0.15) is 51.1 Å². The highest BCUT2D eigenvalue weighted by molar-refractivity contribution is 7.89. The Balaban J connectivity index is 1.95. The molecule has 2 rings (SSSR count). The Morgan fingerprint density at radius 3 is 2.29 bits per heavy atom. The molecule has 0 saturated heterocycles. The summed E-state index contributed by atoms with van der Waals surface area (Å²) in [7, 11) is -3.41. The van der Waals surface area contributed by atoms with Crippen molar-refractivity contribution in [3.8, 4) is 0 Å². The molecule has 1 aliphatic rings. The van der Waals surface area contributed by atoms with Gasteiger partial charge in [0, 0.05) is 12.6 Å². The highest BCUT2D eigenvalue weighted by Crippen LogP contribution is 2.28. The van der Waals surface area contributed by atoms with Gasteiger partial charge in [-0.25, -0.2) is 13.1 Å². The molecular formula is C16H26N2O2S. The fourth-order valence-electron chi connectivity index (χ4n) is 2.79. The molecule has 0 amide bonds. The fraction of sp³-hybridized carbons (Fsp3) is 0.625. The van der Waals surface area contributed by atoms with Crippen molar-refractivity contribution in [2.24, 2.45) is 17.6 Å². The van der Waals surface area contributed by atoms with E-state index in [-0.39, 0.29) is 6.04 Å². The van der Waals surface area contributed by atoms with Crippen LogP contribution < -0.4 is 10.5 Å². The third-order valence-electron chi connectivity index (χ3n) is 4.41. The third kappa shape index (κ3) is 4.53. The maximum Gasteiger partial charge on any atom is 0.240 e. The van der Waals surface area contributed by atoms with Gasteiger partial charge in [-0.1, -0.05) is 31.9 Å². The lowest BCUT2D eigenvalue weighted by molar-refractivity contribution is 0.290. The molecule has 21 heavy (non-hydrogen) atoms. The summed E-state index contributed by atoms with van der Waals surface area (Å²) in [6.07, 6.45) is 4.64. The first-order chi connectivity index (χ1) is 9.88. The predicted molar refractivity (Wildman–Crippen MR) is 85.4 cm³/mol. The minimum atomic E-state index is -3.41. The van der Waals surface area contributed by atoms with E-state index in [1.165, 1.54) is 12.8 Å². The lowest BCUT2D eigenvalue weighted by atomic mass is 9.83. The number of benzene rings is 1. The maximum atomic E-state index is 12.3. The fourth-order valence-corrected chi connectivity index (χ4v) is 3.91. The zero-order chi connectivity index (χ0) is 15.5. The molecule has 1 atom stereocenters. The average Bonchev–Trinajstić information content (AvgIpc) is 2.47. The first-order valence-corrected chi connectivity index (χ1v) is 9.22. The number of hydrogen-bond donors (Lipinski definition) is 2. The van der Waals surface area contributed by atoms with Crippen molar-refractivity contribution in [3.05, 3.63) is 29.8 Å². The molecule has 4 nitrogen and oxygen atoms in total. The van der Waals surface area contributed by atoms with E-state index in [9.17, 15) is 8.42 Å². The Morgan fingerprint density at radius 2 is 1.76 bits per heavy atom. The zero-order valence-corrected chi connectivity index (χ0v) is 13.7. The first-order valence-electron chi connectivity index (χ1n) is 7.73. The molecule has 1 saturated carbocycles. The molecule has 118 valence electrons. The van der Waals surface area contributed by atoms with Gasteiger partial charge in [0.25, 0.3) is 0 Å². The molecule has 1 aromatic rings. The number of nitrogens with one attached hydrogen (secondary N) is 1. The molecule has 5 heteroatoms. The minimum absolute atomic E-state index is 0.0843. The average molecular weight is 310 g/mol. The molecule has 0 bridgehead atoms. The molecule has 1 aromatic carbocycles. The molecule has 0 aromatic heterocycles. The van der Waals surface area contributed by atoms with Crippen molar-refractivity contribution in [3.63, 3.8) is 0 Å². The van der Waals surface area contributed by atoms with Gasteiger partial charge in [-0.3, -0.25) is 0 Å². The summed E-state index contributed by atoms with van der Waals surface area (Å²) in [4.78, 5) is 0.316. The lowest BCUT2D eigenvalue weighted by Crippen LogP contribution is -2.31. The molecule has 0 radical (unpaired) electrons. The van der Waals surface area contributed by atoms with E-state index in [0.29, 0.717) is 17.4 Å². The molecule has 3 N–H and O–H groups in total. The summed E-state index contributed by atoms with van der Waals surface area (Å²) in [5.41, 5.74) is 6.72. The van der Waals surface area contributed by atoms with Crippen LogP contribution in [0.15, 0.2) is 29.2 Å². The van der Waals surface area contributed by atoms with Gasteiger partial charge >= 0.3 is 0 Å². The van der Waals surface area contributed by atoms with E-state index in [1.54, 1.807) is 24.3 Å². The van der Waals surface area contributed by atoms with Gasteiger partial charge in [-0.15, -0.1) is 0 Å². The highest BCUT2D eigenvalue weighted by atomic mass is 32.2. The molecular weight excluding hydrogens is 284 g/mol. The third-order valence-corrected chi connectivity index (χ3v) is 5.85. The number of sulfonamides is 1. The normalized spacial score (nSPS) is 24.7. The van der Waals surface area contributed by atoms with Crippen LogP contribution in [0.2, 0.25) is 0 Å². The largest absolute Gasteiger partial charge is 0.324 e. The maximum absolute atomic E-state index is 12.3. The van der Waals surface area contributed by atoms with E-state index in [1.807, 2.05) is 6.92 Å². The van der Waals surface area contributed by atoms with Crippen molar-refractivity contribution in [1.29, 1.82) is 0 Å². The smallest absolute Gasteiger partial charge is 0.240 e. The summed E-state index contributed by atoms with van der Waals surface area (Å²) >= 11 is 0. The highest BCUT2D eigenvalue weighted by Gasteiger charge is 2.21. The molecule has 1 unspecified atom stereocenters. The second kappa shape index (κ2) is 6.90. The summed E-state index contributed by atoms with van der Waals surface area (Å²) in [6.45, 7) is 4.69. The summed E-state index contributed by atoms with van der Waals surface area (Å²) in [6, 6.07) is 6.73. The molecule has 1 aliphatic carbocycles. The predicted octanol–water partition coefficient (Wildman–Crippen LogP) is 2.81. The Bertz CT molecular complexity index is 544. The van der Waals surface area contributed by atoms with Gasteiger partial charge in [0.05, 0.1) is 4.90 Å². The van der Waals surface area contributed by atoms with Crippen LogP contribution in [0, 0.1) is 11.8 Å². The number of hydrogen-bond acceptors (Lipinski definition) is 3. The van der Waals surface area contributed by atoms with Gasteiger partial charge in [0.15, 0.2) is 0 Å². The van der Waals surface area contributed by atoms with E-state index >= 15 is 0 Å². The Morgan fingerprint density at radius 1 is 1.19 bits per heavy atom. The molecule has 1 fully saturated rings. The van der Waals surface area contributed by atoms with Crippen molar-refractivity contribution < 1.29 is 8.42 Å². The van der Waals surface area contributed by atoms with Crippen LogP contribution >= 0.6 is 0 Å². The second-order valence-corrected chi connectivity index (χ2v) is 8.10. The number of nitrogens with two attached hydrogens (primary N) is 1. The Kier molecular flexibility index (Phi) is 5.41. The Labute approximate surface area is 128 Å². The van der Waals surface area contributed by atoms with Gasteiger partial charge in [-0.2, -0.15) is 0 Å². The van der Waals surface area contributed by atoms with Crippen molar-refractivity contribution in [1.82, 2.24) is 4.72 Å². The molecule has 0 heterocycles. The van der Waals surface area contributed by atoms with Crippen LogP contribution in [-0.2, 0) is 10.0 Å². The van der Waals surface area contributed by atoms with Crippen LogP contribution in [0.25, 0.3) is 0 Å². The van der Waals surface area contributed by atoms with Gasteiger partial charge < -0.3 is 5.73 Å². The van der Waals surface area contributed by atoms with Crippen LogP contribution in [0.3, 0.4) is 0 Å².